The molecule has 104 valence electrons. The van der Waals surface area contributed by atoms with Gasteiger partial charge in [0.2, 0.25) is 0 Å². The molecule has 2 aromatic carbocycles. The number of amides is 2. The monoisotopic (exact) mass is 288 g/mol. The van der Waals surface area contributed by atoms with E-state index in [1.807, 2.05) is 31.2 Å². The number of carbonyl (C=O) groups excluding carboxylic acids is 1. The highest BCUT2D eigenvalue weighted by Crippen LogP contribution is 2.27. The minimum atomic E-state index is -0.328. The second-order valence-corrected chi connectivity index (χ2v) is 4.85. The maximum absolute atomic E-state index is 11.9. The lowest BCUT2D eigenvalue weighted by molar-refractivity contribution is 0.262. The molecular weight excluding hydrogens is 272 g/mol. The molecule has 0 bridgehead atoms. The Labute approximate surface area is 123 Å². The lowest BCUT2D eigenvalue weighted by atomic mass is 10.2. The molecule has 0 atom stereocenters. The number of rotatable bonds is 3. The number of anilines is 2. The van der Waals surface area contributed by atoms with Crippen LogP contribution in [0.5, 0.6) is 5.75 Å². The van der Waals surface area contributed by atoms with E-state index in [-0.39, 0.29) is 6.03 Å². The van der Waals surface area contributed by atoms with Gasteiger partial charge in [0.15, 0.2) is 0 Å². The van der Waals surface area contributed by atoms with Crippen LogP contribution in [0.4, 0.5) is 16.2 Å². The van der Waals surface area contributed by atoms with Crippen LogP contribution in [0.15, 0.2) is 47.4 Å². The smallest absolute Gasteiger partial charge is 0.323 e. The number of thiol groups is 1. The molecule has 0 saturated carbocycles. The summed E-state index contributed by atoms with van der Waals surface area (Å²) in [5.74, 6) is 0.585. The highest BCUT2D eigenvalue weighted by atomic mass is 32.1. The third-order valence-corrected chi connectivity index (χ3v) is 3.02. The van der Waals surface area contributed by atoms with Crippen LogP contribution in [-0.2, 0) is 0 Å². The van der Waals surface area contributed by atoms with E-state index in [0.29, 0.717) is 11.4 Å². The minimum Gasteiger partial charge on any atom is -0.495 e. The summed E-state index contributed by atoms with van der Waals surface area (Å²) in [7, 11) is 1.55. The Kier molecular flexibility index (Phi) is 4.53. The average Bonchev–Trinajstić information content (AvgIpc) is 2.41. The molecule has 0 heterocycles. The van der Waals surface area contributed by atoms with Crippen molar-refractivity contribution in [3.8, 4) is 5.75 Å². The standard InChI is InChI=1S/C15H16N2O2S/c1-10-3-5-11(6-4-10)16-15(18)17-13-9-12(20)7-8-14(13)19-2/h3-9,20H,1-2H3,(H2,16,17,18). The molecule has 0 unspecified atom stereocenters. The lowest BCUT2D eigenvalue weighted by Crippen LogP contribution is -2.19. The fraction of sp³-hybridized carbons (Fsp3) is 0.133. The number of nitrogens with one attached hydrogen (secondary N) is 2. The first kappa shape index (κ1) is 14.3. The first-order chi connectivity index (χ1) is 9.58. The summed E-state index contributed by atoms with van der Waals surface area (Å²) in [6.07, 6.45) is 0. The molecule has 4 nitrogen and oxygen atoms in total. The quantitative estimate of drug-likeness (QED) is 0.749. The molecule has 2 N–H and O–H groups in total. The maximum atomic E-state index is 11.9. The molecule has 0 aromatic heterocycles. The van der Waals surface area contributed by atoms with E-state index in [1.54, 1.807) is 25.3 Å². The predicted octanol–water partition coefficient (Wildman–Crippen LogP) is 3.94. The summed E-state index contributed by atoms with van der Waals surface area (Å²) in [6.45, 7) is 1.99. The molecule has 2 amide bonds. The number of aryl methyl sites for hydroxylation is 1. The second-order valence-electron chi connectivity index (χ2n) is 4.33. The molecule has 20 heavy (non-hydrogen) atoms. The van der Waals surface area contributed by atoms with Crippen LogP contribution in [-0.4, -0.2) is 13.1 Å². The summed E-state index contributed by atoms with van der Waals surface area (Å²) in [5, 5.41) is 5.50. The Hall–Kier alpha value is -2.14. The van der Waals surface area contributed by atoms with Crippen LogP contribution in [0, 0.1) is 6.92 Å². The van der Waals surface area contributed by atoms with E-state index in [0.717, 1.165) is 16.1 Å². The minimum absolute atomic E-state index is 0.328. The number of methoxy groups -OCH3 is 1. The molecule has 0 spiro atoms. The van der Waals surface area contributed by atoms with Crippen molar-refractivity contribution >= 4 is 30.0 Å². The number of urea groups is 1. The first-order valence-electron chi connectivity index (χ1n) is 6.10. The highest BCUT2D eigenvalue weighted by Gasteiger charge is 2.08. The normalized spacial score (nSPS) is 9.95. The van der Waals surface area contributed by atoms with Crippen molar-refractivity contribution in [3.63, 3.8) is 0 Å². The van der Waals surface area contributed by atoms with Crippen molar-refractivity contribution in [2.75, 3.05) is 17.7 Å². The maximum Gasteiger partial charge on any atom is 0.323 e. The Bertz CT molecular complexity index is 612. The zero-order valence-corrected chi connectivity index (χ0v) is 12.2. The Morgan fingerprint density at radius 2 is 1.80 bits per heavy atom. The Morgan fingerprint density at radius 3 is 2.45 bits per heavy atom. The molecule has 0 aliphatic heterocycles. The van der Waals surface area contributed by atoms with Gasteiger partial charge in [0.05, 0.1) is 12.8 Å². The number of carbonyl (C=O) groups is 1. The van der Waals surface area contributed by atoms with Crippen molar-refractivity contribution in [1.82, 2.24) is 0 Å². The summed E-state index contributed by atoms with van der Waals surface area (Å²) in [4.78, 5) is 12.7. The van der Waals surface area contributed by atoms with Crippen LogP contribution in [0.1, 0.15) is 5.56 Å². The van der Waals surface area contributed by atoms with E-state index in [1.165, 1.54) is 0 Å². The zero-order chi connectivity index (χ0) is 14.5. The van der Waals surface area contributed by atoms with Crippen LogP contribution < -0.4 is 15.4 Å². The molecule has 2 rings (SSSR count). The Balaban J connectivity index is 2.08. The third-order valence-electron chi connectivity index (χ3n) is 2.74. The SMILES string of the molecule is COc1ccc(S)cc1NC(=O)Nc1ccc(C)cc1. The summed E-state index contributed by atoms with van der Waals surface area (Å²) >= 11 is 4.25. The van der Waals surface area contributed by atoms with E-state index < -0.39 is 0 Å². The van der Waals surface area contributed by atoms with Gasteiger partial charge in [-0.05, 0) is 37.3 Å². The molecule has 0 aliphatic rings. The van der Waals surface area contributed by atoms with E-state index in [4.69, 9.17) is 4.74 Å². The molecular formula is C15H16N2O2S. The van der Waals surface area contributed by atoms with E-state index >= 15 is 0 Å². The fourth-order valence-electron chi connectivity index (χ4n) is 1.72. The fourth-order valence-corrected chi connectivity index (χ4v) is 1.92. The van der Waals surface area contributed by atoms with Gasteiger partial charge < -0.3 is 15.4 Å². The van der Waals surface area contributed by atoms with Gasteiger partial charge in [0.25, 0.3) is 0 Å². The van der Waals surface area contributed by atoms with Gasteiger partial charge in [-0.3, -0.25) is 0 Å². The Morgan fingerprint density at radius 1 is 1.10 bits per heavy atom. The zero-order valence-electron chi connectivity index (χ0n) is 11.3. The van der Waals surface area contributed by atoms with Crippen LogP contribution in [0.3, 0.4) is 0 Å². The first-order valence-corrected chi connectivity index (χ1v) is 6.55. The molecule has 0 saturated heterocycles. The van der Waals surface area contributed by atoms with Gasteiger partial charge in [0, 0.05) is 10.6 Å². The van der Waals surface area contributed by atoms with Crippen molar-refractivity contribution in [2.24, 2.45) is 0 Å². The van der Waals surface area contributed by atoms with Crippen molar-refractivity contribution in [2.45, 2.75) is 11.8 Å². The van der Waals surface area contributed by atoms with Gasteiger partial charge in [0.1, 0.15) is 5.75 Å². The molecule has 0 fully saturated rings. The van der Waals surface area contributed by atoms with Gasteiger partial charge >= 0.3 is 6.03 Å². The number of hydrogen-bond acceptors (Lipinski definition) is 3. The largest absolute Gasteiger partial charge is 0.495 e. The number of hydrogen-bond donors (Lipinski definition) is 3. The van der Waals surface area contributed by atoms with Gasteiger partial charge in [-0.1, -0.05) is 17.7 Å². The van der Waals surface area contributed by atoms with Crippen molar-refractivity contribution < 1.29 is 9.53 Å². The predicted molar refractivity (Wildman–Crippen MR) is 84.1 cm³/mol. The topological polar surface area (TPSA) is 50.4 Å². The van der Waals surface area contributed by atoms with Gasteiger partial charge in [-0.25, -0.2) is 4.79 Å². The van der Waals surface area contributed by atoms with Crippen LogP contribution in [0.2, 0.25) is 0 Å². The van der Waals surface area contributed by atoms with Crippen molar-refractivity contribution in [1.29, 1.82) is 0 Å². The van der Waals surface area contributed by atoms with Crippen LogP contribution >= 0.6 is 12.6 Å². The molecule has 0 aliphatic carbocycles. The number of benzene rings is 2. The summed E-state index contributed by atoms with van der Waals surface area (Å²) in [6, 6.07) is 12.5. The van der Waals surface area contributed by atoms with Crippen molar-refractivity contribution in [3.05, 3.63) is 48.0 Å². The summed E-state index contributed by atoms with van der Waals surface area (Å²) in [5.41, 5.74) is 2.44. The van der Waals surface area contributed by atoms with Crippen LogP contribution in [0.25, 0.3) is 0 Å². The highest BCUT2D eigenvalue weighted by molar-refractivity contribution is 7.80. The second kappa shape index (κ2) is 6.34. The van der Waals surface area contributed by atoms with Gasteiger partial charge in [-0.15, -0.1) is 12.6 Å². The average molecular weight is 288 g/mol. The summed E-state index contributed by atoms with van der Waals surface area (Å²) < 4.78 is 5.19. The van der Waals surface area contributed by atoms with E-state index in [2.05, 4.69) is 23.3 Å². The molecule has 5 heteroatoms. The molecule has 0 radical (unpaired) electrons. The third kappa shape index (κ3) is 3.68. The lowest BCUT2D eigenvalue weighted by Gasteiger charge is -2.11. The number of ether oxygens (including phenoxy) is 1. The van der Waals surface area contributed by atoms with Gasteiger partial charge in [-0.2, -0.15) is 0 Å². The van der Waals surface area contributed by atoms with E-state index in [9.17, 15) is 4.79 Å². The molecule has 2 aromatic rings.